The molecule has 2 aliphatic rings. The molecule has 4 rings (SSSR count). The maximum absolute atomic E-state index is 15.1. The predicted octanol–water partition coefficient (Wildman–Crippen LogP) is 4.16. The van der Waals surface area contributed by atoms with Gasteiger partial charge >= 0.3 is 18.0 Å². The topological polar surface area (TPSA) is 105 Å². The van der Waals surface area contributed by atoms with E-state index in [1.54, 1.807) is 0 Å². The van der Waals surface area contributed by atoms with Gasteiger partial charge in [-0.1, -0.05) is 62.4 Å². The van der Waals surface area contributed by atoms with Crippen molar-refractivity contribution in [2.75, 3.05) is 6.61 Å². The number of alkyl carbamates (subject to hydrolysis) is 1. The first-order valence-electron chi connectivity index (χ1n) is 11.6. The van der Waals surface area contributed by atoms with Crippen molar-refractivity contribution in [2.45, 2.75) is 50.6 Å². The number of fused-ring (bicyclic) bond motifs is 3. The van der Waals surface area contributed by atoms with Crippen LogP contribution in [0.3, 0.4) is 0 Å². The van der Waals surface area contributed by atoms with E-state index in [0.717, 1.165) is 22.3 Å². The molecule has 1 saturated carbocycles. The molecule has 1 unspecified atom stereocenters. The Kier molecular flexibility index (Phi) is 6.78. The molecule has 0 heterocycles. The summed E-state index contributed by atoms with van der Waals surface area (Å²) in [6.07, 6.45) is -0.206. The SMILES string of the molecule is CC(C)[C@@H](NC(=O)C(F)(F)C(NC(=O)OCC1c2ccccc2-c2ccccc21)C1CC1)C(=O)O. The van der Waals surface area contributed by atoms with Gasteiger partial charge in [-0.3, -0.25) is 4.79 Å². The van der Waals surface area contributed by atoms with E-state index >= 15 is 8.78 Å². The second kappa shape index (κ2) is 9.64. The lowest BCUT2D eigenvalue weighted by Gasteiger charge is -2.28. The van der Waals surface area contributed by atoms with E-state index in [4.69, 9.17) is 4.74 Å². The van der Waals surface area contributed by atoms with Crippen molar-refractivity contribution in [3.63, 3.8) is 0 Å². The Balaban J connectivity index is 1.44. The number of amides is 2. The van der Waals surface area contributed by atoms with Crippen molar-refractivity contribution in [3.05, 3.63) is 59.7 Å². The first-order chi connectivity index (χ1) is 16.6. The fourth-order valence-corrected chi connectivity index (χ4v) is 4.59. The van der Waals surface area contributed by atoms with E-state index in [2.05, 4.69) is 5.32 Å². The highest BCUT2D eigenvalue weighted by atomic mass is 19.3. The molecule has 35 heavy (non-hydrogen) atoms. The third-order valence-electron chi connectivity index (χ3n) is 6.62. The van der Waals surface area contributed by atoms with Crippen LogP contribution < -0.4 is 10.6 Å². The van der Waals surface area contributed by atoms with Gasteiger partial charge in [-0.2, -0.15) is 8.78 Å². The number of carboxylic acids is 1. The minimum absolute atomic E-state index is 0.0521. The Morgan fingerprint density at radius 2 is 1.54 bits per heavy atom. The first kappa shape index (κ1) is 24.6. The summed E-state index contributed by atoms with van der Waals surface area (Å²) in [5, 5.41) is 13.3. The lowest BCUT2D eigenvalue weighted by molar-refractivity contribution is -0.155. The normalized spacial score (nSPS) is 16.7. The summed E-state index contributed by atoms with van der Waals surface area (Å²) in [5.41, 5.74) is 4.04. The molecule has 0 aliphatic heterocycles. The van der Waals surface area contributed by atoms with Gasteiger partial charge in [0.1, 0.15) is 18.7 Å². The van der Waals surface area contributed by atoms with Crippen molar-refractivity contribution < 1.29 is 33.0 Å². The third kappa shape index (κ3) is 4.99. The first-order valence-corrected chi connectivity index (χ1v) is 11.6. The van der Waals surface area contributed by atoms with Crippen LogP contribution in [0.2, 0.25) is 0 Å². The Labute approximate surface area is 201 Å². The maximum Gasteiger partial charge on any atom is 0.407 e. The van der Waals surface area contributed by atoms with E-state index in [0.29, 0.717) is 12.8 Å². The van der Waals surface area contributed by atoms with Crippen molar-refractivity contribution in [1.82, 2.24) is 10.6 Å². The number of halogens is 2. The van der Waals surface area contributed by atoms with Crippen molar-refractivity contribution in [3.8, 4) is 11.1 Å². The van der Waals surface area contributed by atoms with Crippen LogP contribution in [-0.2, 0) is 14.3 Å². The fraction of sp³-hybridized carbons (Fsp3) is 0.423. The van der Waals surface area contributed by atoms with Gasteiger partial charge in [0.15, 0.2) is 0 Å². The molecule has 2 aromatic rings. The van der Waals surface area contributed by atoms with Crippen molar-refractivity contribution in [1.29, 1.82) is 0 Å². The zero-order chi connectivity index (χ0) is 25.3. The standard InChI is InChI=1S/C26H28F2N2O5/c1-14(2)21(23(31)32)29-24(33)26(27,28)22(15-11-12-15)30-25(34)35-13-20-18-9-5-3-7-16(18)17-8-4-6-10-19(17)20/h3-10,14-15,20-22H,11-13H2,1-2H3,(H,29,33)(H,30,34)(H,31,32)/t21-,22?/m1/s1. The summed E-state index contributed by atoms with van der Waals surface area (Å²) in [5.74, 6) is -8.57. The predicted molar refractivity (Wildman–Crippen MR) is 124 cm³/mol. The summed E-state index contributed by atoms with van der Waals surface area (Å²) >= 11 is 0. The number of alkyl halides is 2. The fourth-order valence-electron chi connectivity index (χ4n) is 4.59. The Morgan fingerprint density at radius 1 is 1.00 bits per heavy atom. The molecule has 2 aromatic carbocycles. The number of rotatable bonds is 9. The van der Waals surface area contributed by atoms with Crippen LogP contribution in [0, 0.1) is 11.8 Å². The third-order valence-corrected chi connectivity index (χ3v) is 6.62. The number of hydrogen-bond donors (Lipinski definition) is 3. The number of nitrogens with one attached hydrogen (secondary N) is 2. The van der Waals surface area contributed by atoms with Gasteiger partial charge < -0.3 is 20.5 Å². The Bertz CT molecular complexity index is 1090. The van der Waals surface area contributed by atoms with E-state index in [1.165, 1.54) is 13.8 Å². The van der Waals surface area contributed by atoms with Crippen LogP contribution in [0.4, 0.5) is 13.6 Å². The molecule has 0 bridgehead atoms. The lowest BCUT2D eigenvalue weighted by Crippen LogP contribution is -2.59. The minimum Gasteiger partial charge on any atom is -0.480 e. The summed E-state index contributed by atoms with van der Waals surface area (Å²) in [7, 11) is 0. The van der Waals surface area contributed by atoms with E-state index in [-0.39, 0.29) is 12.5 Å². The Morgan fingerprint density at radius 3 is 2.03 bits per heavy atom. The van der Waals surface area contributed by atoms with Crippen LogP contribution >= 0.6 is 0 Å². The maximum atomic E-state index is 15.1. The molecule has 2 aliphatic carbocycles. The number of benzene rings is 2. The molecule has 186 valence electrons. The molecular weight excluding hydrogens is 458 g/mol. The van der Waals surface area contributed by atoms with Gasteiger partial charge in [-0.05, 0) is 46.9 Å². The highest BCUT2D eigenvalue weighted by molar-refractivity contribution is 5.89. The van der Waals surface area contributed by atoms with Gasteiger partial charge in [0.05, 0.1) is 0 Å². The molecule has 1 fully saturated rings. The zero-order valence-electron chi connectivity index (χ0n) is 19.5. The number of carbonyl (C=O) groups is 3. The van der Waals surface area contributed by atoms with Crippen LogP contribution in [0.1, 0.15) is 43.7 Å². The van der Waals surface area contributed by atoms with Crippen molar-refractivity contribution in [2.24, 2.45) is 11.8 Å². The highest BCUT2D eigenvalue weighted by Crippen LogP contribution is 2.44. The quantitative estimate of drug-likeness (QED) is 0.494. The molecule has 9 heteroatoms. The molecule has 0 radical (unpaired) electrons. The average Bonchev–Trinajstić information content (AvgIpc) is 3.61. The van der Waals surface area contributed by atoms with Gasteiger partial charge in [0.25, 0.3) is 5.91 Å². The molecule has 2 atom stereocenters. The van der Waals surface area contributed by atoms with E-state index in [1.807, 2.05) is 53.8 Å². The molecule has 7 nitrogen and oxygen atoms in total. The summed E-state index contributed by atoms with van der Waals surface area (Å²) < 4.78 is 35.5. The monoisotopic (exact) mass is 486 g/mol. The molecule has 2 amide bonds. The summed E-state index contributed by atoms with van der Waals surface area (Å²) in [6, 6.07) is 12.2. The number of hydrogen-bond acceptors (Lipinski definition) is 4. The van der Waals surface area contributed by atoms with Crippen molar-refractivity contribution >= 4 is 18.0 Å². The van der Waals surface area contributed by atoms with Crippen LogP contribution in [-0.4, -0.2) is 47.7 Å². The number of ether oxygens (including phenoxy) is 1. The summed E-state index contributed by atoms with van der Waals surface area (Å²) in [4.78, 5) is 36.3. The molecule has 0 spiro atoms. The van der Waals surface area contributed by atoms with Crippen LogP contribution in [0.5, 0.6) is 0 Å². The second-order valence-corrected chi connectivity index (χ2v) is 9.44. The van der Waals surface area contributed by atoms with E-state index in [9.17, 15) is 19.5 Å². The largest absolute Gasteiger partial charge is 0.480 e. The highest BCUT2D eigenvalue weighted by Gasteiger charge is 2.55. The molecule has 0 saturated heterocycles. The Hall–Kier alpha value is -3.49. The van der Waals surface area contributed by atoms with Gasteiger partial charge in [0.2, 0.25) is 0 Å². The van der Waals surface area contributed by atoms with Gasteiger partial charge in [-0.25, -0.2) is 9.59 Å². The number of carboxylic acid groups (broad SMARTS) is 1. The number of carbonyl (C=O) groups excluding carboxylic acids is 2. The molecule has 3 N–H and O–H groups in total. The van der Waals surface area contributed by atoms with Gasteiger partial charge in [-0.15, -0.1) is 0 Å². The van der Waals surface area contributed by atoms with Crippen LogP contribution in [0.25, 0.3) is 11.1 Å². The minimum atomic E-state index is -4.00. The summed E-state index contributed by atoms with van der Waals surface area (Å²) in [6.45, 7) is 2.96. The second-order valence-electron chi connectivity index (χ2n) is 9.44. The van der Waals surface area contributed by atoms with Gasteiger partial charge in [0, 0.05) is 5.92 Å². The smallest absolute Gasteiger partial charge is 0.407 e. The zero-order valence-corrected chi connectivity index (χ0v) is 19.5. The average molecular weight is 487 g/mol. The lowest BCUT2D eigenvalue weighted by atomic mass is 9.98. The van der Waals surface area contributed by atoms with Crippen LogP contribution in [0.15, 0.2) is 48.5 Å². The number of aliphatic carboxylic acids is 1. The molecular formula is C26H28F2N2O5. The van der Waals surface area contributed by atoms with E-state index < -0.39 is 47.8 Å². The molecule has 0 aromatic heterocycles.